The van der Waals surface area contributed by atoms with Gasteiger partial charge in [0.2, 0.25) is 5.91 Å². The number of nitrogens with zero attached hydrogens (tertiary/aromatic N) is 3. The minimum atomic E-state index is 0.151. The molecular formula is C17H23N5O. The van der Waals surface area contributed by atoms with Crippen LogP contribution in [-0.4, -0.2) is 45.1 Å². The molecule has 1 fully saturated rings. The molecule has 0 radical (unpaired) electrons. The second-order valence-electron chi connectivity index (χ2n) is 6.15. The zero-order valence-corrected chi connectivity index (χ0v) is 13.7. The molecule has 1 atom stereocenters. The van der Waals surface area contributed by atoms with Crippen molar-refractivity contribution in [1.82, 2.24) is 20.1 Å². The van der Waals surface area contributed by atoms with Crippen molar-refractivity contribution in [3.8, 4) is 0 Å². The average Bonchev–Trinajstić information content (AvgIpc) is 3.14. The fourth-order valence-electron chi connectivity index (χ4n) is 3.06. The molecule has 6 nitrogen and oxygen atoms in total. The van der Waals surface area contributed by atoms with Gasteiger partial charge in [-0.15, -0.1) is 0 Å². The lowest BCUT2D eigenvalue weighted by atomic mass is 10.2. The van der Waals surface area contributed by atoms with Gasteiger partial charge in [-0.05, 0) is 44.9 Å². The molecule has 23 heavy (non-hydrogen) atoms. The monoisotopic (exact) mass is 313 g/mol. The fourth-order valence-corrected chi connectivity index (χ4v) is 3.06. The third-order valence-corrected chi connectivity index (χ3v) is 4.20. The van der Waals surface area contributed by atoms with Crippen molar-refractivity contribution in [2.24, 2.45) is 0 Å². The molecule has 6 heteroatoms. The number of anilines is 1. The Morgan fingerprint density at radius 3 is 3.04 bits per heavy atom. The van der Waals surface area contributed by atoms with Crippen molar-refractivity contribution in [1.29, 1.82) is 0 Å². The van der Waals surface area contributed by atoms with Gasteiger partial charge in [0.25, 0.3) is 0 Å². The van der Waals surface area contributed by atoms with E-state index in [1.165, 1.54) is 0 Å². The predicted molar refractivity (Wildman–Crippen MR) is 89.2 cm³/mol. The molecule has 1 aliphatic rings. The van der Waals surface area contributed by atoms with Crippen LogP contribution in [0.4, 0.5) is 5.82 Å². The van der Waals surface area contributed by atoms with E-state index in [-0.39, 0.29) is 11.9 Å². The Bertz CT molecular complexity index is 681. The maximum Gasteiger partial charge on any atom is 0.228 e. The van der Waals surface area contributed by atoms with Gasteiger partial charge < -0.3 is 10.2 Å². The van der Waals surface area contributed by atoms with Crippen LogP contribution in [0.3, 0.4) is 0 Å². The topological polar surface area (TPSA) is 73.9 Å². The lowest BCUT2D eigenvalue weighted by Gasteiger charge is -2.25. The number of carbonyl (C=O) groups is 1. The largest absolute Gasteiger partial charge is 0.368 e. The molecule has 2 aromatic heterocycles. The zero-order chi connectivity index (χ0) is 16.2. The van der Waals surface area contributed by atoms with Gasteiger partial charge in [0, 0.05) is 30.5 Å². The van der Waals surface area contributed by atoms with E-state index in [4.69, 9.17) is 0 Å². The SMILES string of the molecule is Cc1cccc(NCC2CCCN2C(=O)Cc2cc(C)[nH]n2)n1. The molecule has 3 rings (SSSR count). The first-order valence-electron chi connectivity index (χ1n) is 8.10. The highest BCUT2D eigenvalue weighted by molar-refractivity contribution is 5.79. The van der Waals surface area contributed by atoms with Gasteiger partial charge in [-0.2, -0.15) is 5.10 Å². The van der Waals surface area contributed by atoms with Crippen LogP contribution >= 0.6 is 0 Å². The minimum absolute atomic E-state index is 0.151. The summed E-state index contributed by atoms with van der Waals surface area (Å²) in [6, 6.07) is 8.08. The molecule has 0 aliphatic carbocycles. The van der Waals surface area contributed by atoms with E-state index >= 15 is 0 Å². The maximum atomic E-state index is 12.5. The number of hydrogen-bond donors (Lipinski definition) is 2. The number of likely N-dealkylation sites (tertiary alicyclic amines) is 1. The van der Waals surface area contributed by atoms with Gasteiger partial charge in [-0.3, -0.25) is 9.89 Å². The molecule has 2 aromatic rings. The maximum absolute atomic E-state index is 12.5. The second kappa shape index (κ2) is 6.81. The Morgan fingerprint density at radius 2 is 2.30 bits per heavy atom. The second-order valence-corrected chi connectivity index (χ2v) is 6.15. The van der Waals surface area contributed by atoms with E-state index in [1.54, 1.807) is 0 Å². The number of nitrogens with one attached hydrogen (secondary N) is 2. The number of amides is 1. The Morgan fingerprint density at radius 1 is 1.43 bits per heavy atom. The molecule has 0 spiro atoms. The first-order chi connectivity index (χ1) is 11.1. The van der Waals surface area contributed by atoms with Crippen LogP contribution < -0.4 is 5.32 Å². The number of rotatable bonds is 5. The summed E-state index contributed by atoms with van der Waals surface area (Å²) in [5.41, 5.74) is 2.78. The van der Waals surface area contributed by atoms with E-state index in [1.807, 2.05) is 43.0 Å². The summed E-state index contributed by atoms with van der Waals surface area (Å²) >= 11 is 0. The van der Waals surface area contributed by atoms with Crippen molar-refractivity contribution in [3.05, 3.63) is 41.3 Å². The van der Waals surface area contributed by atoms with Crippen molar-refractivity contribution in [2.75, 3.05) is 18.4 Å². The number of aromatic amines is 1. The minimum Gasteiger partial charge on any atom is -0.368 e. The first-order valence-corrected chi connectivity index (χ1v) is 8.10. The molecule has 1 aliphatic heterocycles. The number of hydrogen-bond acceptors (Lipinski definition) is 4. The van der Waals surface area contributed by atoms with Crippen LogP contribution in [0.2, 0.25) is 0 Å². The summed E-state index contributed by atoms with van der Waals surface area (Å²) < 4.78 is 0. The van der Waals surface area contributed by atoms with Crippen LogP contribution in [-0.2, 0) is 11.2 Å². The summed E-state index contributed by atoms with van der Waals surface area (Å²) in [5, 5.41) is 10.4. The lowest BCUT2D eigenvalue weighted by molar-refractivity contribution is -0.131. The number of aromatic nitrogens is 3. The Kier molecular flexibility index (Phi) is 4.60. The third kappa shape index (κ3) is 3.88. The summed E-state index contributed by atoms with van der Waals surface area (Å²) in [4.78, 5) is 19.0. The van der Waals surface area contributed by atoms with E-state index in [9.17, 15) is 4.79 Å². The molecule has 1 saturated heterocycles. The Balaban J connectivity index is 1.57. The Hall–Kier alpha value is -2.37. The highest BCUT2D eigenvalue weighted by Crippen LogP contribution is 2.19. The molecular weight excluding hydrogens is 290 g/mol. The summed E-state index contributed by atoms with van der Waals surface area (Å²) in [5.74, 6) is 1.02. The van der Waals surface area contributed by atoms with Crippen molar-refractivity contribution < 1.29 is 4.79 Å². The van der Waals surface area contributed by atoms with Gasteiger partial charge in [-0.1, -0.05) is 6.07 Å². The predicted octanol–water partition coefficient (Wildman–Crippen LogP) is 2.07. The molecule has 0 aromatic carbocycles. The van der Waals surface area contributed by atoms with Crippen molar-refractivity contribution in [3.63, 3.8) is 0 Å². The van der Waals surface area contributed by atoms with E-state index < -0.39 is 0 Å². The van der Waals surface area contributed by atoms with Crippen LogP contribution in [0.25, 0.3) is 0 Å². The summed E-state index contributed by atoms with van der Waals surface area (Å²) in [6.07, 6.45) is 2.45. The molecule has 2 N–H and O–H groups in total. The molecule has 3 heterocycles. The van der Waals surface area contributed by atoms with Crippen LogP contribution in [0.1, 0.15) is 29.9 Å². The number of aryl methyl sites for hydroxylation is 2. The highest BCUT2D eigenvalue weighted by Gasteiger charge is 2.28. The molecule has 122 valence electrons. The number of carbonyl (C=O) groups excluding carboxylic acids is 1. The van der Waals surface area contributed by atoms with Gasteiger partial charge in [0.15, 0.2) is 0 Å². The smallest absolute Gasteiger partial charge is 0.228 e. The quantitative estimate of drug-likeness (QED) is 0.886. The van der Waals surface area contributed by atoms with Crippen LogP contribution in [0.15, 0.2) is 24.3 Å². The van der Waals surface area contributed by atoms with E-state index in [0.29, 0.717) is 6.42 Å². The van der Waals surface area contributed by atoms with Crippen molar-refractivity contribution >= 4 is 11.7 Å². The number of H-pyrrole nitrogens is 1. The van der Waals surface area contributed by atoms with Gasteiger partial charge in [0.05, 0.1) is 12.1 Å². The van der Waals surface area contributed by atoms with Gasteiger partial charge in [-0.25, -0.2) is 4.98 Å². The average molecular weight is 313 g/mol. The molecule has 1 amide bonds. The third-order valence-electron chi connectivity index (χ3n) is 4.20. The zero-order valence-electron chi connectivity index (χ0n) is 13.7. The summed E-state index contributed by atoms with van der Waals surface area (Å²) in [6.45, 7) is 5.48. The molecule has 0 saturated carbocycles. The number of pyridine rings is 1. The highest BCUT2D eigenvalue weighted by atomic mass is 16.2. The van der Waals surface area contributed by atoms with Crippen LogP contribution in [0, 0.1) is 13.8 Å². The van der Waals surface area contributed by atoms with E-state index in [0.717, 1.165) is 48.8 Å². The van der Waals surface area contributed by atoms with Crippen LogP contribution in [0.5, 0.6) is 0 Å². The lowest BCUT2D eigenvalue weighted by Crippen LogP contribution is -2.40. The molecule has 1 unspecified atom stereocenters. The van der Waals surface area contributed by atoms with Gasteiger partial charge in [0.1, 0.15) is 5.82 Å². The molecule has 0 bridgehead atoms. The fraction of sp³-hybridized carbons (Fsp3) is 0.471. The standard InChI is InChI=1S/C17H23N5O/c1-12-5-3-7-16(19-12)18-11-15-6-4-8-22(15)17(23)10-14-9-13(2)20-21-14/h3,5,7,9,15H,4,6,8,10-11H2,1-2H3,(H,18,19)(H,20,21). The first kappa shape index (κ1) is 15.5. The van der Waals surface area contributed by atoms with E-state index in [2.05, 4.69) is 20.5 Å². The van der Waals surface area contributed by atoms with Crippen molar-refractivity contribution in [2.45, 2.75) is 39.2 Å². The summed E-state index contributed by atoms with van der Waals surface area (Å²) in [7, 11) is 0. The van der Waals surface area contributed by atoms with Gasteiger partial charge >= 0.3 is 0 Å². The Labute approximate surface area is 136 Å². The normalized spacial score (nSPS) is 17.5.